The molecule has 0 saturated heterocycles. The van der Waals surface area contributed by atoms with Crippen molar-refractivity contribution in [2.75, 3.05) is 6.54 Å². The number of Topliss-reactive ketones (excluding diaryl/α,β-unsaturated/α-hetero) is 1. The first-order valence-corrected chi connectivity index (χ1v) is 5.48. The Bertz CT molecular complexity index is 393. The highest BCUT2D eigenvalue weighted by molar-refractivity contribution is 6.01. The summed E-state index contributed by atoms with van der Waals surface area (Å²) >= 11 is 0. The molecule has 1 aromatic rings. The van der Waals surface area contributed by atoms with Gasteiger partial charge in [-0.15, -0.1) is 0 Å². The molecule has 0 amide bonds. The topological polar surface area (TPSA) is 60.9 Å². The van der Waals surface area contributed by atoms with Gasteiger partial charge < -0.3 is 5.73 Å². The number of hydrogen-bond donors (Lipinski definition) is 1. The van der Waals surface area contributed by atoms with E-state index in [2.05, 4.69) is 18.9 Å². The summed E-state index contributed by atoms with van der Waals surface area (Å²) in [4.78, 5) is 11.7. The molecule has 1 aromatic heterocycles. The largest absolute Gasteiger partial charge is 0.330 e. The monoisotopic (exact) mass is 207 g/mol. The summed E-state index contributed by atoms with van der Waals surface area (Å²) < 4.78 is 1.98. The van der Waals surface area contributed by atoms with Crippen molar-refractivity contribution in [3.8, 4) is 0 Å². The standard InChI is InChI=1S/C11H17N3O/c1-7(2)14-9-3-4-10(15)11(9)8(13-14)5-6-12/h7H,3-6,12H2,1-2H3. The van der Waals surface area contributed by atoms with Gasteiger partial charge in [0.25, 0.3) is 0 Å². The van der Waals surface area contributed by atoms with E-state index >= 15 is 0 Å². The molecule has 1 heterocycles. The molecule has 0 saturated carbocycles. The molecule has 0 spiro atoms. The first kappa shape index (κ1) is 10.4. The fourth-order valence-electron chi connectivity index (χ4n) is 2.18. The quantitative estimate of drug-likeness (QED) is 0.807. The van der Waals surface area contributed by atoms with E-state index in [9.17, 15) is 4.79 Å². The molecule has 1 aliphatic carbocycles. The van der Waals surface area contributed by atoms with Gasteiger partial charge in [0.1, 0.15) is 0 Å². The molecule has 0 aliphatic heterocycles. The van der Waals surface area contributed by atoms with Crippen LogP contribution in [-0.2, 0) is 12.8 Å². The number of aromatic nitrogens is 2. The van der Waals surface area contributed by atoms with E-state index in [-0.39, 0.29) is 5.78 Å². The van der Waals surface area contributed by atoms with Gasteiger partial charge in [-0.25, -0.2) is 0 Å². The van der Waals surface area contributed by atoms with Crippen LogP contribution in [0.3, 0.4) is 0 Å². The van der Waals surface area contributed by atoms with Crippen LogP contribution in [0.2, 0.25) is 0 Å². The Labute approximate surface area is 89.5 Å². The van der Waals surface area contributed by atoms with Crippen molar-refractivity contribution in [3.05, 3.63) is 17.0 Å². The molecule has 0 bridgehead atoms. The second-order valence-electron chi connectivity index (χ2n) is 4.27. The fourth-order valence-corrected chi connectivity index (χ4v) is 2.18. The van der Waals surface area contributed by atoms with Crippen LogP contribution in [0.5, 0.6) is 0 Å². The summed E-state index contributed by atoms with van der Waals surface area (Å²) in [5, 5.41) is 4.49. The minimum Gasteiger partial charge on any atom is -0.330 e. The van der Waals surface area contributed by atoms with Crippen LogP contribution in [0.25, 0.3) is 0 Å². The molecule has 2 N–H and O–H groups in total. The molecule has 2 rings (SSSR count). The molecule has 0 fully saturated rings. The van der Waals surface area contributed by atoms with E-state index in [1.165, 1.54) is 0 Å². The number of nitrogens with two attached hydrogens (primary N) is 1. The lowest BCUT2D eigenvalue weighted by molar-refractivity contribution is 0.0993. The third-order valence-corrected chi connectivity index (χ3v) is 2.82. The third kappa shape index (κ3) is 1.59. The van der Waals surface area contributed by atoms with Gasteiger partial charge in [0.2, 0.25) is 0 Å². The maximum atomic E-state index is 11.7. The predicted octanol–water partition coefficient (Wildman–Crippen LogP) is 1.09. The summed E-state index contributed by atoms with van der Waals surface area (Å²) in [5.41, 5.74) is 8.38. The van der Waals surface area contributed by atoms with Crippen LogP contribution in [0, 0.1) is 0 Å². The van der Waals surface area contributed by atoms with Gasteiger partial charge in [-0.1, -0.05) is 0 Å². The van der Waals surface area contributed by atoms with Gasteiger partial charge in [-0.3, -0.25) is 9.48 Å². The highest BCUT2D eigenvalue weighted by Gasteiger charge is 2.29. The lowest BCUT2D eigenvalue weighted by atomic mass is 10.1. The molecule has 1 aliphatic rings. The van der Waals surface area contributed by atoms with Gasteiger partial charge in [0.05, 0.1) is 17.0 Å². The van der Waals surface area contributed by atoms with Crippen LogP contribution in [0.15, 0.2) is 0 Å². The van der Waals surface area contributed by atoms with Crippen molar-refractivity contribution in [3.63, 3.8) is 0 Å². The Hall–Kier alpha value is -1.16. The Kier molecular flexibility index (Phi) is 2.61. The maximum Gasteiger partial charge on any atom is 0.166 e. The van der Waals surface area contributed by atoms with Gasteiger partial charge in [-0.05, 0) is 26.8 Å². The summed E-state index contributed by atoms with van der Waals surface area (Å²) in [7, 11) is 0. The van der Waals surface area contributed by atoms with E-state index in [4.69, 9.17) is 5.73 Å². The summed E-state index contributed by atoms with van der Waals surface area (Å²) in [6.45, 7) is 4.72. The van der Waals surface area contributed by atoms with Crippen molar-refractivity contribution < 1.29 is 4.79 Å². The normalized spacial score (nSPS) is 15.1. The molecule has 82 valence electrons. The molecule has 15 heavy (non-hydrogen) atoms. The zero-order valence-corrected chi connectivity index (χ0v) is 9.29. The number of carbonyl (C=O) groups is 1. The molecule has 0 unspecified atom stereocenters. The van der Waals surface area contributed by atoms with E-state index in [0.29, 0.717) is 25.4 Å². The number of carbonyl (C=O) groups excluding carboxylic acids is 1. The van der Waals surface area contributed by atoms with E-state index in [1.54, 1.807) is 0 Å². The average molecular weight is 207 g/mol. The van der Waals surface area contributed by atoms with E-state index in [1.807, 2.05) is 4.68 Å². The first-order chi connectivity index (χ1) is 7.15. The van der Waals surface area contributed by atoms with Crippen molar-refractivity contribution in [2.45, 2.75) is 39.2 Å². The van der Waals surface area contributed by atoms with Crippen molar-refractivity contribution in [2.24, 2.45) is 5.73 Å². The van der Waals surface area contributed by atoms with Crippen molar-refractivity contribution >= 4 is 5.78 Å². The average Bonchev–Trinajstić information content (AvgIpc) is 2.70. The number of fused-ring (bicyclic) bond motifs is 1. The smallest absolute Gasteiger partial charge is 0.166 e. The summed E-state index contributed by atoms with van der Waals surface area (Å²) in [6.07, 6.45) is 2.18. The Balaban J connectivity index is 2.49. The minimum atomic E-state index is 0.236. The highest BCUT2D eigenvalue weighted by Crippen LogP contribution is 2.27. The lowest BCUT2D eigenvalue weighted by Crippen LogP contribution is -2.09. The summed E-state index contributed by atoms with van der Waals surface area (Å²) in [5.74, 6) is 0.236. The van der Waals surface area contributed by atoms with Crippen molar-refractivity contribution in [1.82, 2.24) is 9.78 Å². The van der Waals surface area contributed by atoms with Crippen LogP contribution in [0.4, 0.5) is 0 Å². The van der Waals surface area contributed by atoms with Crippen molar-refractivity contribution in [1.29, 1.82) is 0 Å². The summed E-state index contributed by atoms with van der Waals surface area (Å²) in [6, 6.07) is 0.316. The molecular formula is C11H17N3O. The predicted molar refractivity (Wildman–Crippen MR) is 58.0 cm³/mol. The zero-order chi connectivity index (χ0) is 11.0. The second-order valence-corrected chi connectivity index (χ2v) is 4.27. The molecule has 4 heteroatoms. The highest BCUT2D eigenvalue weighted by atomic mass is 16.1. The van der Waals surface area contributed by atoms with E-state index in [0.717, 1.165) is 23.4 Å². The molecule has 0 radical (unpaired) electrons. The van der Waals surface area contributed by atoms with Crippen LogP contribution < -0.4 is 5.73 Å². The number of hydrogen-bond acceptors (Lipinski definition) is 3. The minimum absolute atomic E-state index is 0.236. The van der Waals surface area contributed by atoms with E-state index < -0.39 is 0 Å². The fraction of sp³-hybridized carbons (Fsp3) is 0.636. The molecule has 4 nitrogen and oxygen atoms in total. The zero-order valence-electron chi connectivity index (χ0n) is 9.29. The lowest BCUT2D eigenvalue weighted by Gasteiger charge is -2.08. The number of ketones is 1. The molecule has 0 atom stereocenters. The van der Waals surface area contributed by atoms with Crippen LogP contribution in [-0.4, -0.2) is 22.1 Å². The molecule has 0 aromatic carbocycles. The van der Waals surface area contributed by atoms with Gasteiger partial charge in [0, 0.05) is 18.9 Å². The number of nitrogens with zero attached hydrogens (tertiary/aromatic N) is 2. The number of rotatable bonds is 3. The first-order valence-electron chi connectivity index (χ1n) is 5.48. The second kappa shape index (κ2) is 3.77. The molecular weight excluding hydrogens is 190 g/mol. The van der Waals surface area contributed by atoms with Crippen LogP contribution in [0.1, 0.15) is 48.1 Å². The Morgan fingerprint density at radius 3 is 2.80 bits per heavy atom. The SMILES string of the molecule is CC(C)n1nc(CCN)c2c1CCC2=O. The maximum absolute atomic E-state index is 11.7. The van der Waals surface area contributed by atoms with Gasteiger partial charge in [0.15, 0.2) is 5.78 Å². The van der Waals surface area contributed by atoms with Crippen LogP contribution >= 0.6 is 0 Å². The van der Waals surface area contributed by atoms with Gasteiger partial charge in [-0.2, -0.15) is 5.10 Å². The van der Waals surface area contributed by atoms with Gasteiger partial charge >= 0.3 is 0 Å². The Morgan fingerprint density at radius 2 is 2.20 bits per heavy atom. The Morgan fingerprint density at radius 1 is 1.47 bits per heavy atom. The third-order valence-electron chi connectivity index (χ3n) is 2.82.